The standard InChI is InChI=1S/C15H19N3/c1-10-8-17-15(18-9-10)14(16)7-13-5-4-11(2)12(3)6-13/h4-6,8-9,14H,7,16H2,1-3H3. The first-order chi connectivity index (χ1) is 8.56. The van der Waals surface area contributed by atoms with Crippen LogP contribution in [0.15, 0.2) is 30.6 Å². The van der Waals surface area contributed by atoms with E-state index in [1.807, 2.05) is 19.3 Å². The normalized spacial score (nSPS) is 12.4. The summed E-state index contributed by atoms with van der Waals surface area (Å²) in [5, 5.41) is 0. The van der Waals surface area contributed by atoms with Crippen molar-refractivity contribution in [2.24, 2.45) is 5.73 Å². The fourth-order valence-corrected chi connectivity index (χ4v) is 1.87. The van der Waals surface area contributed by atoms with Crippen molar-refractivity contribution in [1.82, 2.24) is 9.97 Å². The minimum absolute atomic E-state index is 0.146. The fourth-order valence-electron chi connectivity index (χ4n) is 1.87. The highest BCUT2D eigenvalue weighted by Crippen LogP contribution is 2.15. The first kappa shape index (κ1) is 12.7. The molecule has 2 aromatic rings. The van der Waals surface area contributed by atoms with Crippen molar-refractivity contribution >= 4 is 0 Å². The predicted molar refractivity (Wildman–Crippen MR) is 73.3 cm³/mol. The Morgan fingerprint density at radius 2 is 1.72 bits per heavy atom. The molecular weight excluding hydrogens is 222 g/mol. The molecule has 2 N–H and O–H groups in total. The van der Waals surface area contributed by atoms with Gasteiger partial charge in [0.2, 0.25) is 0 Å². The largest absolute Gasteiger partial charge is 0.321 e. The molecule has 1 aromatic heterocycles. The van der Waals surface area contributed by atoms with E-state index in [4.69, 9.17) is 5.73 Å². The van der Waals surface area contributed by atoms with Gasteiger partial charge >= 0.3 is 0 Å². The fraction of sp³-hybridized carbons (Fsp3) is 0.333. The first-order valence-corrected chi connectivity index (χ1v) is 6.16. The van der Waals surface area contributed by atoms with Gasteiger partial charge in [0.25, 0.3) is 0 Å². The van der Waals surface area contributed by atoms with E-state index in [1.165, 1.54) is 16.7 Å². The Hall–Kier alpha value is -1.74. The van der Waals surface area contributed by atoms with Gasteiger partial charge in [0.05, 0.1) is 6.04 Å². The van der Waals surface area contributed by atoms with Crippen LogP contribution in [-0.4, -0.2) is 9.97 Å². The van der Waals surface area contributed by atoms with E-state index < -0.39 is 0 Å². The minimum atomic E-state index is -0.146. The molecule has 1 unspecified atom stereocenters. The van der Waals surface area contributed by atoms with Gasteiger partial charge in [-0.05, 0) is 49.4 Å². The Balaban J connectivity index is 2.13. The zero-order chi connectivity index (χ0) is 13.1. The van der Waals surface area contributed by atoms with E-state index in [1.54, 1.807) is 0 Å². The third-order valence-corrected chi connectivity index (χ3v) is 3.16. The van der Waals surface area contributed by atoms with Gasteiger partial charge in [0.15, 0.2) is 0 Å². The van der Waals surface area contributed by atoms with Gasteiger partial charge in [-0.3, -0.25) is 0 Å². The van der Waals surface area contributed by atoms with Crippen molar-refractivity contribution in [2.75, 3.05) is 0 Å². The number of aromatic nitrogens is 2. The summed E-state index contributed by atoms with van der Waals surface area (Å²) >= 11 is 0. The van der Waals surface area contributed by atoms with E-state index in [2.05, 4.69) is 42.0 Å². The molecule has 18 heavy (non-hydrogen) atoms. The van der Waals surface area contributed by atoms with Crippen LogP contribution in [0.1, 0.15) is 34.1 Å². The highest BCUT2D eigenvalue weighted by molar-refractivity contribution is 5.30. The van der Waals surface area contributed by atoms with Crippen molar-refractivity contribution in [2.45, 2.75) is 33.2 Å². The maximum Gasteiger partial charge on any atom is 0.145 e. The van der Waals surface area contributed by atoms with E-state index in [-0.39, 0.29) is 6.04 Å². The van der Waals surface area contributed by atoms with E-state index in [0.29, 0.717) is 5.82 Å². The molecule has 0 saturated heterocycles. The number of rotatable bonds is 3. The molecule has 2 rings (SSSR count). The molecule has 0 aliphatic carbocycles. The van der Waals surface area contributed by atoms with Gasteiger partial charge in [-0.25, -0.2) is 9.97 Å². The zero-order valence-electron chi connectivity index (χ0n) is 11.1. The van der Waals surface area contributed by atoms with Crippen molar-refractivity contribution in [3.8, 4) is 0 Å². The van der Waals surface area contributed by atoms with Crippen LogP contribution in [0.4, 0.5) is 0 Å². The number of aryl methyl sites for hydroxylation is 3. The van der Waals surface area contributed by atoms with Crippen molar-refractivity contribution in [3.63, 3.8) is 0 Å². The summed E-state index contributed by atoms with van der Waals surface area (Å²) in [5.74, 6) is 0.707. The maximum atomic E-state index is 6.14. The van der Waals surface area contributed by atoms with E-state index >= 15 is 0 Å². The molecule has 1 aromatic carbocycles. The molecule has 0 bridgehead atoms. The lowest BCUT2D eigenvalue weighted by Gasteiger charge is -2.11. The van der Waals surface area contributed by atoms with Crippen molar-refractivity contribution in [1.29, 1.82) is 0 Å². The third kappa shape index (κ3) is 2.93. The molecule has 3 heteroatoms. The monoisotopic (exact) mass is 241 g/mol. The third-order valence-electron chi connectivity index (χ3n) is 3.16. The molecule has 0 aliphatic heterocycles. The van der Waals surface area contributed by atoms with Crippen LogP contribution in [-0.2, 0) is 6.42 Å². The average molecular weight is 241 g/mol. The van der Waals surface area contributed by atoms with E-state index in [9.17, 15) is 0 Å². The molecule has 0 fully saturated rings. The second kappa shape index (κ2) is 5.27. The van der Waals surface area contributed by atoms with Crippen LogP contribution in [0.3, 0.4) is 0 Å². The van der Waals surface area contributed by atoms with Gasteiger partial charge in [0, 0.05) is 12.4 Å². The van der Waals surface area contributed by atoms with Crippen LogP contribution in [0.25, 0.3) is 0 Å². The lowest BCUT2D eigenvalue weighted by atomic mass is 10.0. The summed E-state index contributed by atoms with van der Waals surface area (Å²) in [4.78, 5) is 8.56. The first-order valence-electron chi connectivity index (χ1n) is 6.16. The number of hydrogen-bond donors (Lipinski definition) is 1. The number of nitrogens with two attached hydrogens (primary N) is 1. The topological polar surface area (TPSA) is 51.8 Å². The minimum Gasteiger partial charge on any atom is -0.321 e. The maximum absolute atomic E-state index is 6.14. The summed E-state index contributed by atoms with van der Waals surface area (Å²) in [5.41, 5.74) is 11.0. The molecule has 94 valence electrons. The Bertz CT molecular complexity index is 532. The van der Waals surface area contributed by atoms with Crippen LogP contribution in [0.2, 0.25) is 0 Å². The highest BCUT2D eigenvalue weighted by Gasteiger charge is 2.10. The smallest absolute Gasteiger partial charge is 0.145 e. The lowest BCUT2D eigenvalue weighted by molar-refractivity contribution is 0.665. The van der Waals surface area contributed by atoms with Gasteiger partial charge in [-0.2, -0.15) is 0 Å². The van der Waals surface area contributed by atoms with Gasteiger partial charge < -0.3 is 5.73 Å². The SMILES string of the molecule is Cc1cnc(C(N)Cc2ccc(C)c(C)c2)nc1. The lowest BCUT2D eigenvalue weighted by Crippen LogP contribution is -2.16. The summed E-state index contributed by atoms with van der Waals surface area (Å²) in [6.07, 6.45) is 4.38. The molecule has 3 nitrogen and oxygen atoms in total. The number of nitrogens with zero attached hydrogens (tertiary/aromatic N) is 2. The summed E-state index contributed by atoms with van der Waals surface area (Å²) in [7, 11) is 0. The molecular formula is C15H19N3. The van der Waals surface area contributed by atoms with Crippen LogP contribution in [0, 0.1) is 20.8 Å². The Labute approximate surface area is 108 Å². The highest BCUT2D eigenvalue weighted by atomic mass is 14.9. The average Bonchev–Trinajstić information content (AvgIpc) is 2.34. The van der Waals surface area contributed by atoms with Crippen LogP contribution >= 0.6 is 0 Å². The van der Waals surface area contributed by atoms with Gasteiger partial charge in [0.1, 0.15) is 5.82 Å². The Kier molecular flexibility index (Phi) is 3.72. The molecule has 0 aliphatic rings. The van der Waals surface area contributed by atoms with Gasteiger partial charge in [-0.1, -0.05) is 18.2 Å². The molecule has 0 saturated carbocycles. The van der Waals surface area contributed by atoms with Crippen LogP contribution in [0.5, 0.6) is 0 Å². The zero-order valence-corrected chi connectivity index (χ0v) is 11.1. The van der Waals surface area contributed by atoms with Crippen LogP contribution < -0.4 is 5.73 Å². The summed E-state index contributed by atoms with van der Waals surface area (Å²) in [6, 6.07) is 6.29. The number of hydrogen-bond acceptors (Lipinski definition) is 3. The van der Waals surface area contributed by atoms with E-state index in [0.717, 1.165) is 12.0 Å². The molecule has 1 heterocycles. The molecule has 1 atom stereocenters. The Morgan fingerprint density at radius 1 is 1.06 bits per heavy atom. The van der Waals surface area contributed by atoms with Crippen molar-refractivity contribution in [3.05, 3.63) is 58.7 Å². The summed E-state index contributed by atoms with van der Waals surface area (Å²) < 4.78 is 0. The quantitative estimate of drug-likeness (QED) is 0.898. The number of benzene rings is 1. The second-order valence-electron chi connectivity index (χ2n) is 4.85. The second-order valence-corrected chi connectivity index (χ2v) is 4.85. The molecule has 0 radical (unpaired) electrons. The molecule has 0 amide bonds. The Morgan fingerprint density at radius 3 is 2.33 bits per heavy atom. The predicted octanol–water partition coefficient (Wildman–Crippen LogP) is 2.64. The van der Waals surface area contributed by atoms with Gasteiger partial charge in [-0.15, -0.1) is 0 Å². The molecule has 0 spiro atoms. The van der Waals surface area contributed by atoms with Crippen molar-refractivity contribution < 1.29 is 0 Å². The summed E-state index contributed by atoms with van der Waals surface area (Å²) in [6.45, 7) is 6.20.